The highest BCUT2D eigenvalue weighted by Crippen LogP contribution is 2.46. The van der Waals surface area contributed by atoms with Crippen LogP contribution in [0, 0.1) is 0 Å². The van der Waals surface area contributed by atoms with Gasteiger partial charge in [-0.15, -0.1) is 0 Å². The number of aliphatic hydroxyl groups is 3. The molecule has 0 amide bonds. The Bertz CT molecular complexity index is 1280. The Morgan fingerprint density at radius 2 is 1.79 bits per heavy atom. The lowest BCUT2D eigenvalue weighted by atomic mass is 9.96. The van der Waals surface area contributed by atoms with E-state index in [4.69, 9.17) is 13.9 Å². The van der Waals surface area contributed by atoms with E-state index in [-0.39, 0.29) is 28.0 Å². The Morgan fingerprint density at radius 3 is 2.41 bits per heavy atom. The molecule has 1 aromatic heterocycles. The molecule has 0 radical (unpaired) electrons. The highest BCUT2D eigenvalue weighted by molar-refractivity contribution is 5.89. The van der Waals surface area contributed by atoms with Gasteiger partial charge < -0.3 is 44.5 Å². The van der Waals surface area contributed by atoms with Crippen molar-refractivity contribution in [2.24, 2.45) is 0 Å². The summed E-state index contributed by atoms with van der Waals surface area (Å²) >= 11 is 0. The van der Waals surface area contributed by atoms with Crippen LogP contribution >= 0.6 is 0 Å². The van der Waals surface area contributed by atoms with Crippen LogP contribution in [0.1, 0.15) is 18.6 Å². The number of carbonyl (C=O) groups excluding carboxylic acids is 1. The maximum atomic E-state index is 12.9. The van der Waals surface area contributed by atoms with E-state index in [1.807, 2.05) is 0 Å². The number of hydrogen-bond donors (Lipinski definition) is 6. The molecule has 2 unspecified atom stereocenters. The van der Waals surface area contributed by atoms with Crippen LogP contribution in [-0.2, 0) is 14.3 Å². The summed E-state index contributed by atoms with van der Waals surface area (Å²) in [5.74, 6) is -1.97. The van der Waals surface area contributed by atoms with Crippen LogP contribution in [0.2, 0.25) is 0 Å². The zero-order valence-corrected chi connectivity index (χ0v) is 17.8. The van der Waals surface area contributed by atoms with Crippen LogP contribution in [-0.4, -0.2) is 67.6 Å². The van der Waals surface area contributed by atoms with E-state index in [0.29, 0.717) is 5.56 Å². The third-order valence-corrected chi connectivity index (χ3v) is 5.58. The first-order valence-electron chi connectivity index (χ1n) is 10.2. The molecule has 1 aliphatic heterocycles. The fraction of sp³-hybridized carbons (Fsp3) is 0.304. The largest absolute Gasteiger partial charge is 0.508 e. The van der Waals surface area contributed by atoms with Crippen LogP contribution in [0.5, 0.6) is 17.2 Å². The number of aromatic hydroxyl groups is 3. The lowest BCUT2D eigenvalue weighted by Gasteiger charge is -2.22. The van der Waals surface area contributed by atoms with E-state index in [2.05, 4.69) is 0 Å². The molecule has 5 atom stereocenters. The first kappa shape index (κ1) is 23.5. The molecule has 0 saturated carbocycles. The number of fused-ring (bicyclic) bond motifs is 1. The monoisotopic (exact) mass is 474 g/mol. The summed E-state index contributed by atoms with van der Waals surface area (Å²) in [6.45, 7) is 0.307. The van der Waals surface area contributed by atoms with E-state index in [0.717, 1.165) is 19.1 Å². The molecule has 1 aliphatic rings. The number of phenols is 3. The maximum absolute atomic E-state index is 12.9. The van der Waals surface area contributed by atoms with E-state index >= 15 is 0 Å². The fourth-order valence-corrected chi connectivity index (χ4v) is 4.04. The van der Waals surface area contributed by atoms with Crippen LogP contribution in [0.15, 0.2) is 45.6 Å². The van der Waals surface area contributed by atoms with Gasteiger partial charge in [0.1, 0.15) is 52.8 Å². The SMILES string of the molecule is CC(=O)O[C@H]1C(O)[C@@H](C(O)CO)O[C@H]1c1c(O)cc(O)c2c(=O)cc(-c3ccc(O)cc3)oc12. The quantitative estimate of drug-likeness (QED) is 0.285. The molecular weight excluding hydrogens is 452 g/mol. The summed E-state index contributed by atoms with van der Waals surface area (Å²) in [7, 11) is 0. The van der Waals surface area contributed by atoms with Crippen molar-refractivity contribution in [3.63, 3.8) is 0 Å². The summed E-state index contributed by atoms with van der Waals surface area (Å²) in [6, 6.07) is 7.69. The molecule has 34 heavy (non-hydrogen) atoms. The molecule has 6 N–H and O–H groups in total. The van der Waals surface area contributed by atoms with Crippen LogP contribution in [0.4, 0.5) is 0 Å². The Morgan fingerprint density at radius 1 is 1.12 bits per heavy atom. The minimum atomic E-state index is -1.61. The molecule has 0 aliphatic carbocycles. The molecule has 3 aromatic rings. The molecule has 1 fully saturated rings. The third kappa shape index (κ3) is 4.05. The topological polar surface area (TPSA) is 187 Å². The number of phenolic OH excluding ortho intramolecular Hbond substituents is 3. The minimum absolute atomic E-state index is 0.0195. The van der Waals surface area contributed by atoms with E-state index in [1.54, 1.807) is 0 Å². The van der Waals surface area contributed by atoms with Crippen molar-refractivity contribution in [3.8, 4) is 28.6 Å². The molecule has 2 aromatic carbocycles. The summed E-state index contributed by atoms with van der Waals surface area (Å²) in [4.78, 5) is 24.6. The Balaban J connectivity index is 1.95. The second-order valence-electron chi connectivity index (χ2n) is 7.89. The Hall–Kier alpha value is -3.64. The average molecular weight is 474 g/mol. The van der Waals surface area contributed by atoms with Gasteiger partial charge in [-0.1, -0.05) is 0 Å². The number of esters is 1. The number of rotatable bonds is 5. The molecule has 180 valence electrons. The molecule has 0 spiro atoms. The van der Waals surface area contributed by atoms with Gasteiger partial charge in [0.2, 0.25) is 0 Å². The number of ether oxygens (including phenoxy) is 2. The molecule has 1 saturated heterocycles. The molecule has 2 heterocycles. The predicted molar refractivity (Wildman–Crippen MR) is 115 cm³/mol. The second-order valence-corrected chi connectivity index (χ2v) is 7.89. The lowest BCUT2D eigenvalue weighted by Crippen LogP contribution is -2.41. The van der Waals surface area contributed by atoms with Gasteiger partial charge in [0.05, 0.1) is 12.2 Å². The average Bonchev–Trinajstić information content (AvgIpc) is 3.08. The molecule has 4 rings (SSSR count). The van der Waals surface area contributed by atoms with Crippen molar-refractivity contribution in [3.05, 3.63) is 52.2 Å². The van der Waals surface area contributed by atoms with Crippen molar-refractivity contribution in [2.45, 2.75) is 37.4 Å². The van der Waals surface area contributed by atoms with Crippen molar-refractivity contribution >= 4 is 16.9 Å². The van der Waals surface area contributed by atoms with Gasteiger partial charge in [-0.05, 0) is 24.3 Å². The summed E-state index contributed by atoms with van der Waals surface area (Å²) in [6.07, 6.45) is -7.46. The number of benzene rings is 2. The van der Waals surface area contributed by atoms with Crippen LogP contribution in [0.25, 0.3) is 22.3 Å². The third-order valence-electron chi connectivity index (χ3n) is 5.58. The smallest absolute Gasteiger partial charge is 0.303 e. The Labute approximate surface area is 191 Å². The highest BCUT2D eigenvalue weighted by atomic mass is 16.6. The van der Waals surface area contributed by atoms with Crippen molar-refractivity contribution in [1.29, 1.82) is 0 Å². The zero-order valence-electron chi connectivity index (χ0n) is 17.8. The van der Waals surface area contributed by atoms with Crippen molar-refractivity contribution < 1.29 is 49.3 Å². The molecule has 11 heteroatoms. The first-order valence-corrected chi connectivity index (χ1v) is 10.2. The predicted octanol–water partition coefficient (Wildman–Crippen LogP) is 0.663. The zero-order chi connectivity index (χ0) is 24.7. The summed E-state index contributed by atoms with van der Waals surface area (Å²) in [5.41, 5.74) is -0.800. The van der Waals surface area contributed by atoms with Gasteiger partial charge in [-0.3, -0.25) is 9.59 Å². The minimum Gasteiger partial charge on any atom is -0.508 e. The van der Waals surface area contributed by atoms with Crippen molar-refractivity contribution in [1.82, 2.24) is 0 Å². The van der Waals surface area contributed by atoms with Gasteiger partial charge in [-0.25, -0.2) is 0 Å². The van der Waals surface area contributed by atoms with Crippen LogP contribution in [0.3, 0.4) is 0 Å². The van der Waals surface area contributed by atoms with Gasteiger partial charge in [0, 0.05) is 24.6 Å². The molecule has 0 bridgehead atoms. The van der Waals surface area contributed by atoms with Gasteiger partial charge in [0.15, 0.2) is 17.1 Å². The number of aliphatic hydroxyl groups excluding tert-OH is 3. The van der Waals surface area contributed by atoms with Gasteiger partial charge >= 0.3 is 5.97 Å². The first-order chi connectivity index (χ1) is 16.1. The number of hydrogen-bond acceptors (Lipinski definition) is 11. The summed E-state index contributed by atoms with van der Waals surface area (Å²) in [5, 5.41) is 60.3. The highest BCUT2D eigenvalue weighted by Gasteiger charge is 2.51. The molecular formula is C23H22O11. The van der Waals surface area contributed by atoms with E-state index in [1.165, 1.54) is 24.3 Å². The normalized spacial score (nSPS) is 23.2. The lowest BCUT2D eigenvalue weighted by molar-refractivity contribution is -0.153. The summed E-state index contributed by atoms with van der Waals surface area (Å²) < 4.78 is 16.7. The van der Waals surface area contributed by atoms with E-state index < -0.39 is 60.0 Å². The van der Waals surface area contributed by atoms with Gasteiger partial charge in [-0.2, -0.15) is 0 Å². The second kappa shape index (κ2) is 8.95. The number of carbonyl (C=O) groups is 1. The standard InChI is InChI=1S/C23H22O11/c1-9(25)32-23-19(31)20(15(30)8-24)34-22(23)18-13(28)6-12(27)17-14(29)7-16(33-21(17)18)10-2-4-11(26)5-3-10/h2-7,15,19-20,22-24,26-28,30-31H,8H2,1H3/t15?,19?,20-,22+,23+/m1/s1. The fourth-order valence-electron chi connectivity index (χ4n) is 4.04. The van der Waals surface area contributed by atoms with Crippen LogP contribution < -0.4 is 5.43 Å². The maximum Gasteiger partial charge on any atom is 0.303 e. The van der Waals surface area contributed by atoms with E-state index in [9.17, 15) is 40.2 Å². The molecule has 11 nitrogen and oxygen atoms in total. The Kier molecular flexibility index (Phi) is 6.19. The van der Waals surface area contributed by atoms with Gasteiger partial charge in [0.25, 0.3) is 0 Å². The van der Waals surface area contributed by atoms with Crippen molar-refractivity contribution in [2.75, 3.05) is 6.61 Å².